The second-order valence-electron chi connectivity index (χ2n) is 6.02. The first-order chi connectivity index (χ1) is 11.5. The van der Waals surface area contributed by atoms with Crippen LogP contribution in [-0.4, -0.2) is 60.4 Å². The SMILES string of the molecule is COC1CCN(C(=O)CCN2C(=O)c3ccc(Br)cc3C2=O)CC1. The lowest BCUT2D eigenvalue weighted by molar-refractivity contribution is -0.133. The number of ether oxygens (including phenoxy) is 1. The third kappa shape index (κ3) is 3.23. The summed E-state index contributed by atoms with van der Waals surface area (Å²) in [4.78, 5) is 40.0. The van der Waals surface area contributed by atoms with Gasteiger partial charge in [0, 0.05) is 37.6 Å². The molecular formula is C17H19BrN2O4. The Morgan fingerprint density at radius 3 is 2.54 bits per heavy atom. The van der Waals surface area contributed by atoms with E-state index < -0.39 is 0 Å². The van der Waals surface area contributed by atoms with E-state index in [2.05, 4.69) is 15.9 Å². The van der Waals surface area contributed by atoms with E-state index in [-0.39, 0.29) is 36.8 Å². The molecule has 0 bridgehead atoms. The fourth-order valence-corrected chi connectivity index (χ4v) is 3.53. The predicted molar refractivity (Wildman–Crippen MR) is 90.7 cm³/mol. The van der Waals surface area contributed by atoms with Crippen molar-refractivity contribution in [2.75, 3.05) is 26.7 Å². The third-order valence-electron chi connectivity index (χ3n) is 4.61. The summed E-state index contributed by atoms with van der Waals surface area (Å²) >= 11 is 3.30. The summed E-state index contributed by atoms with van der Waals surface area (Å²) in [5.41, 5.74) is 0.791. The van der Waals surface area contributed by atoms with Gasteiger partial charge in [-0.1, -0.05) is 15.9 Å². The first kappa shape index (κ1) is 17.1. The van der Waals surface area contributed by atoms with Gasteiger partial charge in [-0.2, -0.15) is 0 Å². The Morgan fingerprint density at radius 1 is 1.21 bits per heavy atom. The number of imide groups is 1. The quantitative estimate of drug-likeness (QED) is 0.733. The van der Waals surface area contributed by atoms with Gasteiger partial charge in [-0.05, 0) is 31.0 Å². The van der Waals surface area contributed by atoms with Gasteiger partial charge in [-0.15, -0.1) is 0 Å². The van der Waals surface area contributed by atoms with Gasteiger partial charge in [0.2, 0.25) is 5.91 Å². The number of likely N-dealkylation sites (tertiary alicyclic amines) is 1. The van der Waals surface area contributed by atoms with Gasteiger partial charge >= 0.3 is 0 Å². The highest BCUT2D eigenvalue weighted by Crippen LogP contribution is 2.26. The van der Waals surface area contributed by atoms with Crippen LogP contribution in [0.25, 0.3) is 0 Å². The summed E-state index contributed by atoms with van der Waals surface area (Å²) in [5.74, 6) is -0.683. The smallest absolute Gasteiger partial charge is 0.261 e. The molecule has 0 spiro atoms. The molecule has 1 saturated heterocycles. The molecule has 0 N–H and O–H groups in total. The molecule has 0 saturated carbocycles. The minimum Gasteiger partial charge on any atom is -0.381 e. The average Bonchev–Trinajstić information content (AvgIpc) is 2.83. The fourth-order valence-electron chi connectivity index (χ4n) is 3.17. The fraction of sp³-hybridized carbons (Fsp3) is 0.471. The zero-order chi connectivity index (χ0) is 17.3. The number of piperidine rings is 1. The first-order valence-electron chi connectivity index (χ1n) is 7.97. The molecule has 0 aromatic heterocycles. The number of halogens is 1. The molecule has 128 valence electrons. The molecule has 2 heterocycles. The van der Waals surface area contributed by atoms with Crippen molar-refractivity contribution in [3.05, 3.63) is 33.8 Å². The van der Waals surface area contributed by atoms with E-state index in [1.54, 1.807) is 30.2 Å². The van der Waals surface area contributed by atoms with Crippen LogP contribution in [0.3, 0.4) is 0 Å². The van der Waals surface area contributed by atoms with E-state index in [4.69, 9.17) is 4.74 Å². The summed E-state index contributed by atoms with van der Waals surface area (Å²) in [6, 6.07) is 5.02. The van der Waals surface area contributed by atoms with E-state index in [1.165, 1.54) is 0 Å². The zero-order valence-corrected chi connectivity index (χ0v) is 15.0. The van der Waals surface area contributed by atoms with Crippen molar-refractivity contribution >= 4 is 33.7 Å². The molecule has 3 amide bonds. The number of fused-ring (bicyclic) bond motifs is 1. The topological polar surface area (TPSA) is 66.9 Å². The maximum Gasteiger partial charge on any atom is 0.261 e. The highest BCUT2D eigenvalue weighted by atomic mass is 79.9. The first-order valence-corrected chi connectivity index (χ1v) is 8.77. The van der Waals surface area contributed by atoms with Crippen LogP contribution in [0.2, 0.25) is 0 Å². The molecule has 0 radical (unpaired) electrons. The van der Waals surface area contributed by atoms with E-state index in [0.29, 0.717) is 24.2 Å². The summed E-state index contributed by atoms with van der Waals surface area (Å²) in [6.45, 7) is 1.44. The Labute approximate surface area is 148 Å². The molecule has 6 nitrogen and oxygen atoms in total. The van der Waals surface area contributed by atoms with Crippen LogP contribution < -0.4 is 0 Å². The molecule has 1 fully saturated rings. The normalized spacial score (nSPS) is 18.2. The van der Waals surface area contributed by atoms with E-state index in [0.717, 1.165) is 22.2 Å². The lowest BCUT2D eigenvalue weighted by Crippen LogP contribution is -2.42. The van der Waals surface area contributed by atoms with Crippen molar-refractivity contribution < 1.29 is 19.1 Å². The maximum atomic E-state index is 12.4. The van der Waals surface area contributed by atoms with Crippen molar-refractivity contribution in [1.82, 2.24) is 9.80 Å². The van der Waals surface area contributed by atoms with Crippen LogP contribution in [0.5, 0.6) is 0 Å². The number of amides is 3. The van der Waals surface area contributed by atoms with Crippen LogP contribution in [0, 0.1) is 0 Å². The van der Waals surface area contributed by atoms with Crippen LogP contribution in [0.1, 0.15) is 40.0 Å². The van der Waals surface area contributed by atoms with Gasteiger partial charge in [-0.3, -0.25) is 19.3 Å². The number of hydrogen-bond donors (Lipinski definition) is 0. The standard InChI is InChI=1S/C17H19BrN2O4/c1-24-12-4-7-19(8-5-12)15(21)6-9-20-16(22)13-3-2-11(18)10-14(13)17(20)23/h2-3,10,12H,4-9H2,1H3. The van der Waals surface area contributed by atoms with Gasteiger partial charge in [-0.25, -0.2) is 0 Å². The predicted octanol–water partition coefficient (Wildman–Crippen LogP) is 2.07. The molecule has 0 unspecified atom stereocenters. The van der Waals surface area contributed by atoms with Crippen molar-refractivity contribution in [2.45, 2.75) is 25.4 Å². The number of benzene rings is 1. The molecule has 1 aromatic rings. The van der Waals surface area contributed by atoms with Gasteiger partial charge in [0.15, 0.2) is 0 Å². The second kappa shape index (κ2) is 7.03. The maximum absolute atomic E-state index is 12.4. The average molecular weight is 395 g/mol. The van der Waals surface area contributed by atoms with Crippen molar-refractivity contribution in [2.24, 2.45) is 0 Å². The number of methoxy groups -OCH3 is 1. The second-order valence-corrected chi connectivity index (χ2v) is 6.93. The molecule has 0 atom stereocenters. The molecule has 7 heteroatoms. The Bertz CT molecular complexity index is 683. The molecule has 1 aromatic carbocycles. The largest absolute Gasteiger partial charge is 0.381 e. The van der Waals surface area contributed by atoms with Gasteiger partial charge in [0.25, 0.3) is 11.8 Å². The molecule has 0 aliphatic carbocycles. The number of carbonyl (C=O) groups excluding carboxylic acids is 3. The third-order valence-corrected chi connectivity index (χ3v) is 5.10. The van der Waals surface area contributed by atoms with Crippen molar-refractivity contribution in [3.8, 4) is 0 Å². The highest BCUT2D eigenvalue weighted by Gasteiger charge is 2.36. The van der Waals surface area contributed by atoms with Gasteiger partial charge in [0.05, 0.1) is 17.2 Å². The lowest BCUT2D eigenvalue weighted by atomic mass is 10.1. The Kier molecular flexibility index (Phi) is 5.01. The van der Waals surface area contributed by atoms with Crippen molar-refractivity contribution in [3.63, 3.8) is 0 Å². The Morgan fingerprint density at radius 2 is 1.88 bits per heavy atom. The Hall–Kier alpha value is -1.73. The van der Waals surface area contributed by atoms with Crippen LogP contribution in [0.15, 0.2) is 22.7 Å². The van der Waals surface area contributed by atoms with E-state index in [1.807, 2.05) is 0 Å². The number of rotatable bonds is 4. The summed E-state index contributed by atoms with van der Waals surface area (Å²) in [5, 5.41) is 0. The molecule has 3 rings (SSSR count). The summed E-state index contributed by atoms with van der Waals surface area (Å²) in [7, 11) is 1.68. The van der Waals surface area contributed by atoms with Gasteiger partial charge < -0.3 is 9.64 Å². The van der Waals surface area contributed by atoms with Gasteiger partial charge in [0.1, 0.15) is 0 Å². The number of carbonyl (C=O) groups is 3. The molecule has 24 heavy (non-hydrogen) atoms. The molecule has 2 aliphatic rings. The van der Waals surface area contributed by atoms with Crippen LogP contribution in [0.4, 0.5) is 0 Å². The highest BCUT2D eigenvalue weighted by molar-refractivity contribution is 9.10. The molecule has 2 aliphatic heterocycles. The van der Waals surface area contributed by atoms with Crippen LogP contribution >= 0.6 is 15.9 Å². The van der Waals surface area contributed by atoms with E-state index >= 15 is 0 Å². The minimum atomic E-state index is -0.331. The molecular weight excluding hydrogens is 376 g/mol. The van der Waals surface area contributed by atoms with E-state index in [9.17, 15) is 14.4 Å². The number of nitrogens with zero attached hydrogens (tertiary/aromatic N) is 2. The minimum absolute atomic E-state index is 0.0257. The summed E-state index contributed by atoms with van der Waals surface area (Å²) < 4.78 is 6.05. The van der Waals surface area contributed by atoms with Crippen molar-refractivity contribution in [1.29, 1.82) is 0 Å². The monoisotopic (exact) mass is 394 g/mol. The summed E-state index contributed by atoms with van der Waals surface area (Å²) in [6.07, 6.45) is 2.01. The zero-order valence-electron chi connectivity index (χ0n) is 13.5. The van der Waals surface area contributed by atoms with Crippen LogP contribution in [-0.2, 0) is 9.53 Å². The lowest BCUT2D eigenvalue weighted by Gasteiger charge is -2.31. The Balaban J connectivity index is 1.59. The number of hydrogen-bond acceptors (Lipinski definition) is 4.